The lowest BCUT2D eigenvalue weighted by Crippen LogP contribution is -2.32. The van der Waals surface area contributed by atoms with Crippen LogP contribution < -0.4 is 10.6 Å². The van der Waals surface area contributed by atoms with Gasteiger partial charge in [-0.15, -0.1) is 0 Å². The second kappa shape index (κ2) is 7.56. The van der Waals surface area contributed by atoms with E-state index in [1.165, 1.54) is 0 Å². The Hall–Kier alpha value is -1.88. The summed E-state index contributed by atoms with van der Waals surface area (Å²) >= 11 is 0. The van der Waals surface area contributed by atoms with Crippen molar-refractivity contribution in [3.63, 3.8) is 0 Å². The highest BCUT2D eigenvalue weighted by Crippen LogP contribution is 2.58. The Labute approximate surface area is 150 Å². The smallest absolute Gasteiger partial charge is 0.228 e. The summed E-state index contributed by atoms with van der Waals surface area (Å²) in [6, 6.07) is 7.68. The van der Waals surface area contributed by atoms with E-state index in [0.29, 0.717) is 6.42 Å². The van der Waals surface area contributed by atoms with Crippen LogP contribution in [0.15, 0.2) is 24.3 Å². The fourth-order valence-corrected chi connectivity index (χ4v) is 3.99. The summed E-state index contributed by atoms with van der Waals surface area (Å²) in [4.78, 5) is 26.5. The summed E-state index contributed by atoms with van der Waals surface area (Å²) in [6.07, 6.45) is 3.65. The molecular formula is C20H29N3O2. The van der Waals surface area contributed by atoms with E-state index in [0.717, 1.165) is 56.7 Å². The zero-order valence-electron chi connectivity index (χ0n) is 15.3. The molecule has 1 aliphatic carbocycles. The molecular weight excluding hydrogens is 314 g/mol. The van der Waals surface area contributed by atoms with Gasteiger partial charge in [-0.05, 0) is 69.3 Å². The van der Waals surface area contributed by atoms with Gasteiger partial charge in [-0.25, -0.2) is 0 Å². The third kappa shape index (κ3) is 4.03. The molecule has 2 fully saturated rings. The molecule has 1 atom stereocenters. The summed E-state index contributed by atoms with van der Waals surface area (Å²) in [5.74, 6) is 0.458. The minimum Gasteiger partial charge on any atom is -0.343 e. The molecule has 1 heterocycles. The van der Waals surface area contributed by atoms with E-state index in [4.69, 9.17) is 0 Å². The zero-order chi connectivity index (χ0) is 17.9. The van der Waals surface area contributed by atoms with Gasteiger partial charge in [0.25, 0.3) is 0 Å². The number of benzene rings is 1. The molecule has 1 aliphatic heterocycles. The van der Waals surface area contributed by atoms with Gasteiger partial charge in [-0.2, -0.15) is 0 Å². The molecule has 2 aliphatic rings. The quantitative estimate of drug-likeness (QED) is 0.834. The highest BCUT2D eigenvalue weighted by molar-refractivity contribution is 5.95. The van der Waals surface area contributed by atoms with E-state index in [1.54, 1.807) is 0 Å². The van der Waals surface area contributed by atoms with Crippen LogP contribution in [0.3, 0.4) is 0 Å². The van der Waals surface area contributed by atoms with Crippen LogP contribution in [0.2, 0.25) is 0 Å². The minimum atomic E-state index is 0.146. The first-order chi connectivity index (χ1) is 12.1. The number of carbonyl (C=O) groups excluding carboxylic acids is 2. The average Bonchev–Trinajstić information content (AvgIpc) is 3.31. The Kier molecular flexibility index (Phi) is 5.42. The molecule has 5 nitrogen and oxygen atoms in total. The van der Waals surface area contributed by atoms with Gasteiger partial charge in [0, 0.05) is 24.7 Å². The standard InChI is InChI=1S/C20H29N3O2/c1-3-23(4-2)18(24)13-15-5-7-16(8-6-15)22-19(25)17-14-20(17)9-11-21-12-10-20/h5-8,17,21H,3-4,9-14H2,1-2H3,(H,22,25). The molecule has 1 saturated heterocycles. The van der Waals surface area contributed by atoms with Crippen molar-refractivity contribution in [3.8, 4) is 0 Å². The molecule has 136 valence electrons. The Balaban J connectivity index is 1.53. The van der Waals surface area contributed by atoms with Gasteiger partial charge in [-0.1, -0.05) is 12.1 Å². The first kappa shape index (κ1) is 17.9. The lowest BCUT2D eigenvalue weighted by atomic mass is 9.92. The number of nitrogens with zero attached hydrogens (tertiary/aromatic N) is 1. The van der Waals surface area contributed by atoms with Crippen molar-refractivity contribution >= 4 is 17.5 Å². The Morgan fingerprint density at radius 3 is 2.40 bits per heavy atom. The van der Waals surface area contributed by atoms with Crippen LogP contribution in [0.5, 0.6) is 0 Å². The second-order valence-electron chi connectivity index (χ2n) is 7.30. The molecule has 1 aromatic rings. The number of piperidine rings is 1. The van der Waals surface area contributed by atoms with E-state index in [2.05, 4.69) is 10.6 Å². The van der Waals surface area contributed by atoms with Crippen LogP contribution in [0.25, 0.3) is 0 Å². The van der Waals surface area contributed by atoms with E-state index < -0.39 is 0 Å². The van der Waals surface area contributed by atoms with E-state index in [1.807, 2.05) is 43.0 Å². The molecule has 25 heavy (non-hydrogen) atoms. The molecule has 3 rings (SSSR count). The number of rotatable bonds is 6. The number of hydrogen-bond acceptors (Lipinski definition) is 3. The number of likely N-dealkylation sites (N-methyl/N-ethyl adjacent to an activating group) is 1. The van der Waals surface area contributed by atoms with Crippen LogP contribution in [0, 0.1) is 11.3 Å². The van der Waals surface area contributed by atoms with Crippen LogP contribution in [-0.2, 0) is 16.0 Å². The third-order valence-corrected chi connectivity index (χ3v) is 5.80. The Morgan fingerprint density at radius 1 is 1.16 bits per heavy atom. The van der Waals surface area contributed by atoms with Gasteiger partial charge in [0.15, 0.2) is 0 Å². The van der Waals surface area contributed by atoms with Crippen LogP contribution in [-0.4, -0.2) is 42.9 Å². The number of hydrogen-bond donors (Lipinski definition) is 2. The van der Waals surface area contributed by atoms with Crippen molar-refractivity contribution in [2.75, 3.05) is 31.5 Å². The first-order valence-corrected chi connectivity index (χ1v) is 9.46. The molecule has 0 aromatic heterocycles. The highest BCUT2D eigenvalue weighted by Gasteiger charge is 2.57. The maximum atomic E-state index is 12.5. The predicted octanol–water partition coefficient (Wildman–Crippen LogP) is 2.43. The SMILES string of the molecule is CCN(CC)C(=O)Cc1ccc(NC(=O)C2CC23CCNCC3)cc1. The fraction of sp³-hybridized carbons (Fsp3) is 0.600. The van der Waals surface area contributed by atoms with Crippen molar-refractivity contribution in [2.24, 2.45) is 11.3 Å². The molecule has 0 radical (unpaired) electrons. The second-order valence-corrected chi connectivity index (χ2v) is 7.30. The number of carbonyl (C=O) groups is 2. The lowest BCUT2D eigenvalue weighted by Gasteiger charge is -2.23. The van der Waals surface area contributed by atoms with Gasteiger partial charge in [0.05, 0.1) is 6.42 Å². The monoisotopic (exact) mass is 343 g/mol. The van der Waals surface area contributed by atoms with Gasteiger partial charge in [-0.3, -0.25) is 9.59 Å². The minimum absolute atomic E-state index is 0.146. The largest absolute Gasteiger partial charge is 0.343 e. The first-order valence-electron chi connectivity index (χ1n) is 9.46. The van der Waals surface area contributed by atoms with Crippen LogP contribution in [0.1, 0.15) is 38.7 Å². The molecule has 2 N–H and O–H groups in total. The van der Waals surface area contributed by atoms with Crippen molar-refractivity contribution in [2.45, 2.75) is 39.5 Å². The molecule has 1 unspecified atom stereocenters. The van der Waals surface area contributed by atoms with E-state index in [9.17, 15) is 9.59 Å². The number of anilines is 1. The summed E-state index contributed by atoms with van der Waals surface area (Å²) in [5, 5.41) is 6.41. The van der Waals surface area contributed by atoms with Crippen molar-refractivity contribution in [3.05, 3.63) is 29.8 Å². The van der Waals surface area contributed by atoms with Gasteiger partial charge in [0.2, 0.25) is 11.8 Å². The maximum absolute atomic E-state index is 12.5. The third-order valence-electron chi connectivity index (χ3n) is 5.80. The van der Waals surface area contributed by atoms with Crippen LogP contribution >= 0.6 is 0 Å². The molecule has 1 spiro atoms. The molecule has 1 saturated carbocycles. The Bertz CT molecular complexity index is 616. The molecule has 5 heteroatoms. The summed E-state index contributed by atoms with van der Waals surface area (Å²) < 4.78 is 0. The van der Waals surface area contributed by atoms with Crippen LogP contribution in [0.4, 0.5) is 5.69 Å². The summed E-state index contributed by atoms with van der Waals surface area (Å²) in [5.41, 5.74) is 2.06. The predicted molar refractivity (Wildman–Crippen MR) is 99.3 cm³/mol. The van der Waals surface area contributed by atoms with Gasteiger partial charge >= 0.3 is 0 Å². The molecule has 0 bridgehead atoms. The zero-order valence-corrected chi connectivity index (χ0v) is 15.3. The topological polar surface area (TPSA) is 61.4 Å². The molecule has 2 amide bonds. The number of nitrogens with one attached hydrogen (secondary N) is 2. The average molecular weight is 343 g/mol. The molecule has 1 aromatic carbocycles. The lowest BCUT2D eigenvalue weighted by molar-refractivity contribution is -0.130. The summed E-state index contributed by atoms with van der Waals surface area (Å²) in [6.45, 7) is 7.52. The van der Waals surface area contributed by atoms with E-state index in [-0.39, 0.29) is 23.1 Å². The highest BCUT2D eigenvalue weighted by atomic mass is 16.2. The fourth-order valence-electron chi connectivity index (χ4n) is 3.99. The normalized spacial score (nSPS) is 21.0. The number of amides is 2. The maximum Gasteiger partial charge on any atom is 0.228 e. The van der Waals surface area contributed by atoms with E-state index >= 15 is 0 Å². The van der Waals surface area contributed by atoms with Gasteiger partial charge < -0.3 is 15.5 Å². The van der Waals surface area contributed by atoms with Crippen molar-refractivity contribution in [1.82, 2.24) is 10.2 Å². The Morgan fingerprint density at radius 2 is 1.80 bits per heavy atom. The van der Waals surface area contributed by atoms with Crippen molar-refractivity contribution < 1.29 is 9.59 Å². The van der Waals surface area contributed by atoms with Gasteiger partial charge in [0.1, 0.15) is 0 Å². The summed E-state index contributed by atoms with van der Waals surface area (Å²) in [7, 11) is 0. The van der Waals surface area contributed by atoms with Crippen molar-refractivity contribution in [1.29, 1.82) is 0 Å².